The van der Waals surface area contributed by atoms with Crippen LogP contribution in [0.15, 0.2) is 30.3 Å². The van der Waals surface area contributed by atoms with Gasteiger partial charge in [-0.05, 0) is 50.3 Å². The first kappa shape index (κ1) is 26.8. The number of primary amides is 1. The third-order valence-corrected chi connectivity index (χ3v) is 6.37. The van der Waals surface area contributed by atoms with Crippen LogP contribution in [-0.4, -0.2) is 48.3 Å². The second-order valence-corrected chi connectivity index (χ2v) is 9.24. The number of carbonyl (C=O) groups is 3. The van der Waals surface area contributed by atoms with Gasteiger partial charge in [-0.25, -0.2) is 0 Å². The summed E-state index contributed by atoms with van der Waals surface area (Å²) < 4.78 is 0. The molecule has 4 N–H and O–H groups in total. The van der Waals surface area contributed by atoms with Crippen LogP contribution in [0.4, 0.5) is 0 Å². The SMILES string of the molecule is CCCCCCCC(=O)N[C@H](CC(N)=O)C(=O)NCCC1CCN(Cc2ccccc2)CC1. The molecule has 2 rings (SSSR count). The van der Waals surface area contributed by atoms with E-state index >= 15 is 0 Å². The highest BCUT2D eigenvalue weighted by molar-refractivity contribution is 5.91. The van der Waals surface area contributed by atoms with Crippen molar-refractivity contribution in [2.75, 3.05) is 19.6 Å². The highest BCUT2D eigenvalue weighted by atomic mass is 16.2. The highest BCUT2D eigenvalue weighted by Gasteiger charge is 2.24. The van der Waals surface area contributed by atoms with Crippen molar-refractivity contribution in [3.63, 3.8) is 0 Å². The summed E-state index contributed by atoms with van der Waals surface area (Å²) >= 11 is 0. The van der Waals surface area contributed by atoms with Crippen LogP contribution in [-0.2, 0) is 20.9 Å². The number of hydrogen-bond acceptors (Lipinski definition) is 4. The van der Waals surface area contributed by atoms with Gasteiger partial charge >= 0.3 is 0 Å². The van der Waals surface area contributed by atoms with E-state index in [0.717, 1.165) is 64.6 Å². The Bertz CT molecular complexity index is 718. The highest BCUT2D eigenvalue weighted by Crippen LogP contribution is 2.21. The Labute approximate surface area is 198 Å². The number of hydrogen-bond donors (Lipinski definition) is 3. The zero-order valence-electron chi connectivity index (χ0n) is 20.2. The van der Waals surface area contributed by atoms with Crippen LogP contribution >= 0.6 is 0 Å². The molecular formula is C26H42N4O3. The Hall–Kier alpha value is -2.41. The number of carbonyl (C=O) groups excluding carboxylic acids is 3. The molecule has 3 amide bonds. The summed E-state index contributed by atoms with van der Waals surface area (Å²) in [5.74, 6) is -0.540. The smallest absolute Gasteiger partial charge is 0.243 e. The fraction of sp³-hybridized carbons (Fsp3) is 0.654. The van der Waals surface area contributed by atoms with Gasteiger partial charge in [-0.3, -0.25) is 19.3 Å². The van der Waals surface area contributed by atoms with Crippen LogP contribution in [0.25, 0.3) is 0 Å². The van der Waals surface area contributed by atoms with Gasteiger partial charge in [-0.1, -0.05) is 62.9 Å². The van der Waals surface area contributed by atoms with Gasteiger partial charge in [0, 0.05) is 19.5 Å². The van der Waals surface area contributed by atoms with E-state index in [2.05, 4.69) is 46.7 Å². The van der Waals surface area contributed by atoms with Crippen molar-refractivity contribution in [2.45, 2.75) is 83.7 Å². The van der Waals surface area contributed by atoms with Crippen molar-refractivity contribution in [2.24, 2.45) is 11.7 Å². The van der Waals surface area contributed by atoms with E-state index < -0.39 is 11.9 Å². The quantitative estimate of drug-likeness (QED) is 0.351. The minimum atomic E-state index is -0.890. The molecule has 0 unspecified atom stereocenters. The molecule has 0 aliphatic carbocycles. The largest absolute Gasteiger partial charge is 0.370 e. The molecule has 1 aromatic carbocycles. The van der Waals surface area contributed by atoms with E-state index in [9.17, 15) is 14.4 Å². The average molecular weight is 459 g/mol. The molecule has 0 bridgehead atoms. The van der Waals surface area contributed by atoms with Gasteiger partial charge in [-0.2, -0.15) is 0 Å². The Morgan fingerprint density at radius 2 is 1.76 bits per heavy atom. The van der Waals surface area contributed by atoms with Crippen LogP contribution < -0.4 is 16.4 Å². The van der Waals surface area contributed by atoms with Crippen molar-refractivity contribution >= 4 is 17.7 Å². The fourth-order valence-corrected chi connectivity index (χ4v) is 4.36. The van der Waals surface area contributed by atoms with E-state index in [1.54, 1.807) is 0 Å². The van der Waals surface area contributed by atoms with E-state index in [1.165, 1.54) is 12.0 Å². The predicted octanol–water partition coefficient (Wildman–Crippen LogP) is 3.13. The molecule has 0 spiro atoms. The topological polar surface area (TPSA) is 105 Å². The maximum atomic E-state index is 12.6. The van der Waals surface area contributed by atoms with Gasteiger partial charge in [0.25, 0.3) is 0 Å². The number of rotatable bonds is 15. The van der Waals surface area contributed by atoms with Gasteiger partial charge in [0.05, 0.1) is 6.42 Å². The molecule has 1 atom stereocenters. The summed E-state index contributed by atoms with van der Waals surface area (Å²) in [7, 11) is 0. The number of benzene rings is 1. The van der Waals surface area contributed by atoms with Gasteiger partial charge in [0.15, 0.2) is 0 Å². The van der Waals surface area contributed by atoms with Crippen LogP contribution in [0.3, 0.4) is 0 Å². The molecule has 1 aliphatic rings. The van der Waals surface area contributed by atoms with Crippen LogP contribution in [0, 0.1) is 5.92 Å². The van der Waals surface area contributed by atoms with Gasteiger partial charge in [0.2, 0.25) is 17.7 Å². The standard InChI is InChI=1S/C26H42N4O3/c1-2-3-4-5-9-12-25(32)29-23(19-24(27)31)26(33)28-16-13-21-14-17-30(18-15-21)20-22-10-7-6-8-11-22/h6-8,10-11,21,23H,2-5,9,12-20H2,1H3,(H2,27,31)(H,28,33)(H,29,32)/t23-/m1/s1. The van der Waals surface area contributed by atoms with Crippen molar-refractivity contribution in [3.8, 4) is 0 Å². The van der Waals surface area contributed by atoms with E-state index in [-0.39, 0.29) is 18.2 Å². The minimum Gasteiger partial charge on any atom is -0.370 e. The molecule has 1 saturated heterocycles. The number of nitrogens with two attached hydrogens (primary N) is 1. The maximum absolute atomic E-state index is 12.6. The molecule has 7 heteroatoms. The zero-order chi connectivity index (χ0) is 23.9. The third kappa shape index (κ3) is 11.3. The summed E-state index contributed by atoms with van der Waals surface area (Å²) in [5.41, 5.74) is 6.64. The zero-order valence-corrected chi connectivity index (χ0v) is 20.2. The van der Waals surface area contributed by atoms with Gasteiger partial charge < -0.3 is 16.4 Å². The third-order valence-electron chi connectivity index (χ3n) is 6.37. The summed E-state index contributed by atoms with van der Waals surface area (Å²) in [6.07, 6.45) is 8.54. The first-order valence-electron chi connectivity index (χ1n) is 12.6. The number of likely N-dealkylation sites (tertiary alicyclic amines) is 1. The van der Waals surface area contributed by atoms with Gasteiger partial charge in [-0.15, -0.1) is 0 Å². The monoisotopic (exact) mass is 458 g/mol. The predicted molar refractivity (Wildman–Crippen MR) is 131 cm³/mol. The van der Waals surface area contributed by atoms with Crippen LogP contribution in [0.2, 0.25) is 0 Å². The maximum Gasteiger partial charge on any atom is 0.243 e. The summed E-state index contributed by atoms with van der Waals surface area (Å²) in [4.78, 5) is 38.7. The molecular weight excluding hydrogens is 416 g/mol. The van der Waals surface area contributed by atoms with Crippen molar-refractivity contribution < 1.29 is 14.4 Å². The number of nitrogens with zero attached hydrogens (tertiary/aromatic N) is 1. The van der Waals surface area contributed by atoms with E-state index in [1.807, 2.05) is 6.07 Å². The second kappa shape index (κ2) is 15.4. The molecule has 0 saturated carbocycles. The van der Waals surface area contributed by atoms with Crippen molar-refractivity contribution in [1.82, 2.24) is 15.5 Å². The first-order chi connectivity index (χ1) is 16.0. The molecule has 184 valence electrons. The summed E-state index contributed by atoms with van der Waals surface area (Å²) in [6, 6.07) is 9.62. The number of nitrogens with one attached hydrogen (secondary N) is 2. The molecule has 7 nitrogen and oxygen atoms in total. The second-order valence-electron chi connectivity index (χ2n) is 9.24. The van der Waals surface area contributed by atoms with Crippen molar-refractivity contribution in [1.29, 1.82) is 0 Å². The molecule has 33 heavy (non-hydrogen) atoms. The number of piperidine rings is 1. The summed E-state index contributed by atoms with van der Waals surface area (Å²) in [5, 5.41) is 5.60. The average Bonchev–Trinajstić information content (AvgIpc) is 2.80. The van der Waals surface area contributed by atoms with E-state index in [4.69, 9.17) is 5.73 Å². The van der Waals surface area contributed by atoms with Crippen LogP contribution in [0.5, 0.6) is 0 Å². The minimum absolute atomic E-state index is 0.175. The summed E-state index contributed by atoms with van der Waals surface area (Å²) in [6.45, 7) is 5.80. The van der Waals surface area contributed by atoms with E-state index in [0.29, 0.717) is 18.9 Å². The molecule has 1 fully saturated rings. The van der Waals surface area contributed by atoms with Crippen LogP contribution in [0.1, 0.15) is 76.7 Å². The number of unbranched alkanes of at least 4 members (excludes halogenated alkanes) is 4. The Morgan fingerprint density at radius 3 is 2.42 bits per heavy atom. The Morgan fingerprint density at radius 1 is 1.06 bits per heavy atom. The Kier molecular flexibility index (Phi) is 12.6. The molecule has 0 aromatic heterocycles. The number of amides is 3. The lowest BCUT2D eigenvalue weighted by atomic mass is 9.93. The van der Waals surface area contributed by atoms with Gasteiger partial charge in [0.1, 0.15) is 6.04 Å². The molecule has 0 radical (unpaired) electrons. The molecule has 1 aromatic rings. The lowest BCUT2D eigenvalue weighted by Crippen LogP contribution is -2.49. The first-order valence-corrected chi connectivity index (χ1v) is 12.6. The van der Waals surface area contributed by atoms with Crippen molar-refractivity contribution in [3.05, 3.63) is 35.9 Å². The lowest BCUT2D eigenvalue weighted by molar-refractivity contribution is -0.131. The fourth-order valence-electron chi connectivity index (χ4n) is 4.36. The Balaban J connectivity index is 1.66. The molecule has 1 aliphatic heterocycles. The lowest BCUT2D eigenvalue weighted by Gasteiger charge is -2.32. The normalized spacial score (nSPS) is 15.7. The molecule has 1 heterocycles.